The maximum absolute atomic E-state index is 5.86. The minimum atomic E-state index is 0.648. The molecule has 0 amide bonds. The number of hydrogen-bond donors (Lipinski definition) is 1. The third-order valence-electron chi connectivity index (χ3n) is 3.70. The minimum Gasteiger partial charge on any atom is -0.375 e. The molecule has 4 rings (SSSR count). The molecule has 0 aliphatic heterocycles. The van der Waals surface area contributed by atoms with E-state index in [-0.39, 0.29) is 0 Å². The van der Waals surface area contributed by atoms with Crippen LogP contribution in [0.15, 0.2) is 30.3 Å². The highest BCUT2D eigenvalue weighted by atomic mass is 32.1. The fraction of sp³-hybridized carbons (Fsp3) is 0.200. The molecule has 0 atom stereocenters. The molecule has 0 bridgehead atoms. The van der Waals surface area contributed by atoms with Gasteiger partial charge >= 0.3 is 0 Å². The standard InChI is InChI=1S/C15H14N4S/c1-9-13-11(7-8-12-14(13)17-15(16)20-12)19(18-9)10-5-3-2-4-6-10/h2-6H,7-8H2,1H3,(H2,16,17). The number of aryl methyl sites for hydroxylation is 2. The molecule has 2 N–H and O–H groups in total. The van der Waals surface area contributed by atoms with E-state index in [4.69, 9.17) is 10.8 Å². The van der Waals surface area contributed by atoms with Crippen LogP contribution in [-0.2, 0) is 12.8 Å². The fourth-order valence-electron chi connectivity index (χ4n) is 2.86. The number of nitrogen functional groups attached to an aromatic ring is 1. The zero-order chi connectivity index (χ0) is 13.7. The summed E-state index contributed by atoms with van der Waals surface area (Å²) in [4.78, 5) is 5.79. The third kappa shape index (κ3) is 1.59. The summed E-state index contributed by atoms with van der Waals surface area (Å²) in [6.45, 7) is 2.04. The van der Waals surface area contributed by atoms with E-state index in [1.54, 1.807) is 11.3 Å². The van der Waals surface area contributed by atoms with Crippen LogP contribution in [0.2, 0.25) is 0 Å². The van der Waals surface area contributed by atoms with Gasteiger partial charge < -0.3 is 5.73 Å². The largest absolute Gasteiger partial charge is 0.375 e. The smallest absolute Gasteiger partial charge is 0.180 e. The predicted octanol–water partition coefficient (Wildman–Crippen LogP) is 2.99. The highest BCUT2D eigenvalue weighted by molar-refractivity contribution is 7.15. The van der Waals surface area contributed by atoms with E-state index < -0.39 is 0 Å². The molecule has 0 radical (unpaired) electrons. The maximum atomic E-state index is 5.86. The highest BCUT2D eigenvalue weighted by Gasteiger charge is 2.27. The van der Waals surface area contributed by atoms with Gasteiger partial charge in [-0.05, 0) is 31.9 Å². The molecule has 0 spiro atoms. The van der Waals surface area contributed by atoms with Crippen molar-refractivity contribution in [2.45, 2.75) is 19.8 Å². The summed E-state index contributed by atoms with van der Waals surface area (Å²) in [6.07, 6.45) is 1.98. The van der Waals surface area contributed by atoms with Crippen molar-refractivity contribution in [3.05, 3.63) is 46.6 Å². The van der Waals surface area contributed by atoms with Gasteiger partial charge in [-0.2, -0.15) is 5.10 Å². The second-order valence-electron chi connectivity index (χ2n) is 4.98. The molecule has 20 heavy (non-hydrogen) atoms. The lowest BCUT2D eigenvalue weighted by Crippen LogP contribution is -2.07. The number of aromatic nitrogens is 3. The van der Waals surface area contributed by atoms with Crippen LogP contribution in [0, 0.1) is 6.92 Å². The molecule has 100 valence electrons. The number of thiazole rings is 1. The summed E-state index contributed by atoms with van der Waals surface area (Å²) < 4.78 is 2.04. The zero-order valence-electron chi connectivity index (χ0n) is 11.1. The lowest BCUT2D eigenvalue weighted by Gasteiger charge is -2.13. The first-order valence-electron chi connectivity index (χ1n) is 6.63. The van der Waals surface area contributed by atoms with Crippen molar-refractivity contribution in [3.8, 4) is 16.9 Å². The molecule has 4 nitrogen and oxygen atoms in total. The Kier molecular flexibility index (Phi) is 2.44. The molecule has 0 unspecified atom stereocenters. The van der Waals surface area contributed by atoms with Gasteiger partial charge in [0.05, 0.1) is 22.8 Å². The van der Waals surface area contributed by atoms with Crippen LogP contribution < -0.4 is 5.73 Å². The molecular weight excluding hydrogens is 268 g/mol. The number of fused-ring (bicyclic) bond motifs is 3. The van der Waals surface area contributed by atoms with Crippen LogP contribution >= 0.6 is 11.3 Å². The summed E-state index contributed by atoms with van der Waals surface area (Å²) in [5, 5.41) is 5.36. The Morgan fingerprint density at radius 1 is 1.20 bits per heavy atom. The Morgan fingerprint density at radius 3 is 2.80 bits per heavy atom. The number of hydrogen-bond acceptors (Lipinski definition) is 4. The third-order valence-corrected chi connectivity index (χ3v) is 4.64. The summed E-state index contributed by atoms with van der Waals surface area (Å²) in [5.41, 5.74) is 11.4. The van der Waals surface area contributed by atoms with E-state index in [0.717, 1.165) is 29.9 Å². The summed E-state index contributed by atoms with van der Waals surface area (Å²) >= 11 is 1.60. The topological polar surface area (TPSA) is 56.7 Å². The molecule has 1 aliphatic rings. The lowest BCUT2D eigenvalue weighted by atomic mass is 9.98. The average Bonchev–Trinajstić information content (AvgIpc) is 2.99. The molecule has 5 heteroatoms. The van der Waals surface area contributed by atoms with Crippen molar-refractivity contribution in [3.63, 3.8) is 0 Å². The Balaban J connectivity index is 1.96. The number of para-hydroxylation sites is 1. The minimum absolute atomic E-state index is 0.648. The van der Waals surface area contributed by atoms with Crippen LogP contribution in [0.3, 0.4) is 0 Å². The fourth-order valence-corrected chi connectivity index (χ4v) is 3.70. The average molecular weight is 282 g/mol. The second kappa shape index (κ2) is 4.18. The van der Waals surface area contributed by atoms with E-state index in [2.05, 4.69) is 17.1 Å². The highest BCUT2D eigenvalue weighted by Crippen LogP contribution is 2.39. The first-order valence-corrected chi connectivity index (χ1v) is 7.45. The van der Waals surface area contributed by atoms with Gasteiger partial charge in [-0.15, -0.1) is 11.3 Å². The molecule has 3 aromatic rings. The molecule has 2 heterocycles. The maximum Gasteiger partial charge on any atom is 0.180 e. The molecule has 0 saturated heterocycles. The van der Waals surface area contributed by atoms with Gasteiger partial charge in [0, 0.05) is 10.4 Å². The first-order chi connectivity index (χ1) is 9.74. The van der Waals surface area contributed by atoms with Crippen LogP contribution in [0.25, 0.3) is 16.9 Å². The van der Waals surface area contributed by atoms with Crippen molar-refractivity contribution in [2.75, 3.05) is 5.73 Å². The molecule has 2 aromatic heterocycles. The van der Waals surface area contributed by atoms with E-state index in [1.165, 1.54) is 16.1 Å². The number of benzene rings is 1. The van der Waals surface area contributed by atoms with E-state index in [1.807, 2.05) is 29.8 Å². The van der Waals surface area contributed by atoms with E-state index in [0.29, 0.717) is 5.13 Å². The quantitative estimate of drug-likeness (QED) is 0.746. The van der Waals surface area contributed by atoms with Gasteiger partial charge in [0.2, 0.25) is 0 Å². The number of nitrogens with zero attached hydrogens (tertiary/aromatic N) is 3. The Bertz CT molecular complexity index is 786. The summed E-state index contributed by atoms with van der Waals surface area (Å²) in [7, 11) is 0. The van der Waals surface area contributed by atoms with Gasteiger partial charge in [0.15, 0.2) is 5.13 Å². The second-order valence-corrected chi connectivity index (χ2v) is 6.09. The van der Waals surface area contributed by atoms with Crippen LogP contribution in [-0.4, -0.2) is 14.8 Å². The van der Waals surface area contributed by atoms with Crippen LogP contribution in [0.4, 0.5) is 5.13 Å². The molecule has 1 aliphatic carbocycles. The zero-order valence-corrected chi connectivity index (χ0v) is 11.9. The van der Waals surface area contributed by atoms with Gasteiger partial charge in [-0.25, -0.2) is 9.67 Å². The van der Waals surface area contributed by atoms with Gasteiger partial charge in [0.25, 0.3) is 0 Å². The summed E-state index contributed by atoms with van der Waals surface area (Å²) in [6, 6.07) is 10.3. The number of rotatable bonds is 1. The monoisotopic (exact) mass is 282 g/mol. The first kappa shape index (κ1) is 11.7. The predicted molar refractivity (Wildman–Crippen MR) is 81.2 cm³/mol. The van der Waals surface area contributed by atoms with Crippen molar-refractivity contribution >= 4 is 16.5 Å². The SMILES string of the molecule is Cc1nn(-c2ccccc2)c2c1-c1nc(N)sc1CC2. The molecule has 0 fully saturated rings. The number of nitrogens with two attached hydrogens (primary N) is 1. The number of anilines is 1. The Morgan fingerprint density at radius 2 is 2.00 bits per heavy atom. The van der Waals surface area contributed by atoms with Gasteiger partial charge in [-0.3, -0.25) is 0 Å². The Labute approximate surface area is 120 Å². The van der Waals surface area contributed by atoms with Gasteiger partial charge in [-0.1, -0.05) is 18.2 Å². The van der Waals surface area contributed by atoms with Crippen molar-refractivity contribution < 1.29 is 0 Å². The summed E-state index contributed by atoms with van der Waals surface area (Å²) in [5.74, 6) is 0. The van der Waals surface area contributed by atoms with E-state index in [9.17, 15) is 0 Å². The normalized spacial score (nSPS) is 13.1. The molecule has 0 saturated carbocycles. The van der Waals surface area contributed by atoms with Crippen molar-refractivity contribution in [1.29, 1.82) is 0 Å². The van der Waals surface area contributed by atoms with Crippen molar-refractivity contribution in [2.24, 2.45) is 0 Å². The lowest BCUT2D eigenvalue weighted by molar-refractivity contribution is 0.779. The van der Waals surface area contributed by atoms with Crippen LogP contribution in [0.1, 0.15) is 16.3 Å². The van der Waals surface area contributed by atoms with Gasteiger partial charge in [0.1, 0.15) is 0 Å². The molecular formula is C15H14N4S. The molecule has 1 aromatic carbocycles. The van der Waals surface area contributed by atoms with Crippen molar-refractivity contribution in [1.82, 2.24) is 14.8 Å². The van der Waals surface area contributed by atoms with E-state index >= 15 is 0 Å². The Hall–Kier alpha value is -2.14. The van der Waals surface area contributed by atoms with Crippen LogP contribution in [0.5, 0.6) is 0 Å².